The average Bonchev–Trinajstić information content (AvgIpc) is 2.71. The number of carbonyl (C=O) groups is 1. The summed E-state index contributed by atoms with van der Waals surface area (Å²) in [6.45, 7) is 11.5. The maximum absolute atomic E-state index is 13.5. The Morgan fingerprint density at radius 2 is 1.69 bits per heavy atom. The highest BCUT2D eigenvalue weighted by Gasteiger charge is 2.41. The van der Waals surface area contributed by atoms with Crippen LogP contribution < -0.4 is 10.1 Å². The van der Waals surface area contributed by atoms with E-state index in [0.717, 1.165) is 34.5 Å². The van der Waals surface area contributed by atoms with Crippen molar-refractivity contribution in [2.45, 2.75) is 65.4 Å². The summed E-state index contributed by atoms with van der Waals surface area (Å²) in [6, 6.07) is 12.3. The molecule has 0 aliphatic carbocycles. The van der Waals surface area contributed by atoms with Crippen LogP contribution in [0.25, 0.3) is 0 Å². The molecule has 1 amide bonds. The summed E-state index contributed by atoms with van der Waals surface area (Å²) >= 11 is 0. The number of rotatable bonds is 6. The summed E-state index contributed by atoms with van der Waals surface area (Å²) in [4.78, 5) is 13.5. The van der Waals surface area contributed by atoms with Gasteiger partial charge in [-0.15, -0.1) is 0 Å². The summed E-state index contributed by atoms with van der Waals surface area (Å²) in [6.07, 6.45) is 2.50. The molecule has 2 aromatic carbocycles. The van der Waals surface area contributed by atoms with Gasteiger partial charge in [-0.25, -0.2) is 0 Å². The minimum atomic E-state index is -0.556. The fourth-order valence-electron chi connectivity index (χ4n) is 3.98. The Morgan fingerprint density at radius 1 is 1.10 bits per heavy atom. The number of ether oxygens (including phenoxy) is 2. The van der Waals surface area contributed by atoms with E-state index in [1.54, 1.807) is 0 Å². The van der Waals surface area contributed by atoms with E-state index in [2.05, 4.69) is 50.4 Å². The van der Waals surface area contributed by atoms with Gasteiger partial charge in [-0.3, -0.25) is 4.79 Å². The molecule has 3 rings (SSSR count). The Morgan fingerprint density at radius 3 is 2.24 bits per heavy atom. The number of amides is 1. The Kier molecular flexibility index (Phi) is 6.63. The van der Waals surface area contributed by atoms with Gasteiger partial charge in [0, 0.05) is 18.9 Å². The van der Waals surface area contributed by atoms with E-state index in [1.807, 2.05) is 26.0 Å². The first-order valence-electron chi connectivity index (χ1n) is 10.6. The van der Waals surface area contributed by atoms with Crippen molar-refractivity contribution in [1.82, 2.24) is 0 Å². The second kappa shape index (κ2) is 9.00. The van der Waals surface area contributed by atoms with Crippen molar-refractivity contribution in [2.75, 3.05) is 18.5 Å². The van der Waals surface area contributed by atoms with Crippen LogP contribution in [0.2, 0.25) is 0 Å². The summed E-state index contributed by atoms with van der Waals surface area (Å²) < 4.78 is 11.6. The van der Waals surface area contributed by atoms with Crippen molar-refractivity contribution in [3.05, 3.63) is 58.7 Å². The van der Waals surface area contributed by atoms with Crippen LogP contribution in [0.3, 0.4) is 0 Å². The Labute approximate surface area is 174 Å². The molecular weight excluding hydrogens is 362 g/mol. The van der Waals surface area contributed by atoms with Gasteiger partial charge in [0.25, 0.3) is 0 Å². The minimum absolute atomic E-state index is 0.0408. The monoisotopic (exact) mass is 395 g/mol. The SMILES string of the molecule is CCC(C)Oc1c(C)cc(NC(=O)C2(c3ccc(C)cc3)CCOCC2)cc1C. The van der Waals surface area contributed by atoms with E-state index in [0.29, 0.717) is 26.1 Å². The third-order valence-electron chi connectivity index (χ3n) is 6.00. The van der Waals surface area contributed by atoms with Gasteiger partial charge < -0.3 is 14.8 Å². The summed E-state index contributed by atoms with van der Waals surface area (Å²) in [7, 11) is 0. The molecule has 156 valence electrons. The standard InChI is InChI=1S/C25H33NO3/c1-6-20(5)29-23-18(3)15-22(16-19(23)4)26-24(27)25(11-13-28-14-12-25)21-9-7-17(2)8-10-21/h7-10,15-16,20H,6,11-14H2,1-5H3,(H,26,27). The number of anilines is 1. The maximum atomic E-state index is 13.5. The molecule has 0 aromatic heterocycles. The zero-order chi connectivity index (χ0) is 21.0. The van der Waals surface area contributed by atoms with Crippen LogP contribution in [0.15, 0.2) is 36.4 Å². The third kappa shape index (κ3) is 4.64. The van der Waals surface area contributed by atoms with Crippen molar-refractivity contribution in [1.29, 1.82) is 0 Å². The second-order valence-electron chi connectivity index (χ2n) is 8.29. The molecule has 1 saturated heterocycles. The molecule has 0 radical (unpaired) electrons. The predicted octanol–water partition coefficient (Wildman–Crippen LogP) is 5.48. The summed E-state index contributed by atoms with van der Waals surface area (Å²) in [5.74, 6) is 0.954. The fraction of sp³-hybridized carbons (Fsp3) is 0.480. The van der Waals surface area contributed by atoms with E-state index in [9.17, 15) is 4.79 Å². The zero-order valence-electron chi connectivity index (χ0n) is 18.3. The van der Waals surface area contributed by atoms with E-state index in [-0.39, 0.29) is 12.0 Å². The van der Waals surface area contributed by atoms with Crippen LogP contribution >= 0.6 is 0 Å². The lowest BCUT2D eigenvalue weighted by Crippen LogP contribution is -2.44. The Hall–Kier alpha value is -2.33. The molecule has 1 heterocycles. The van der Waals surface area contributed by atoms with Crippen LogP contribution in [0.1, 0.15) is 55.4 Å². The van der Waals surface area contributed by atoms with E-state index in [4.69, 9.17) is 9.47 Å². The van der Waals surface area contributed by atoms with Gasteiger partial charge in [0.05, 0.1) is 11.5 Å². The molecule has 1 N–H and O–H groups in total. The summed E-state index contributed by atoms with van der Waals surface area (Å²) in [5.41, 5.74) is 4.60. The molecule has 0 bridgehead atoms. The van der Waals surface area contributed by atoms with Gasteiger partial charge in [0.2, 0.25) is 5.91 Å². The molecule has 1 aliphatic heterocycles. The fourth-order valence-corrected chi connectivity index (χ4v) is 3.98. The Balaban J connectivity index is 1.87. The van der Waals surface area contributed by atoms with Crippen LogP contribution in [0, 0.1) is 20.8 Å². The first-order chi connectivity index (χ1) is 13.9. The molecule has 1 atom stereocenters. The third-order valence-corrected chi connectivity index (χ3v) is 6.00. The number of carbonyl (C=O) groups excluding carboxylic acids is 1. The molecule has 2 aromatic rings. The molecule has 0 saturated carbocycles. The molecule has 1 fully saturated rings. The number of hydrogen-bond acceptors (Lipinski definition) is 3. The van der Waals surface area contributed by atoms with Gasteiger partial charge in [-0.1, -0.05) is 36.8 Å². The minimum Gasteiger partial charge on any atom is -0.490 e. The average molecular weight is 396 g/mol. The highest BCUT2D eigenvalue weighted by atomic mass is 16.5. The number of hydrogen-bond donors (Lipinski definition) is 1. The highest BCUT2D eigenvalue weighted by molar-refractivity contribution is 5.99. The van der Waals surface area contributed by atoms with Crippen LogP contribution in [-0.4, -0.2) is 25.2 Å². The van der Waals surface area contributed by atoms with Gasteiger partial charge >= 0.3 is 0 Å². The first-order valence-corrected chi connectivity index (χ1v) is 10.6. The van der Waals surface area contributed by atoms with Crippen molar-refractivity contribution < 1.29 is 14.3 Å². The molecule has 0 spiro atoms. The van der Waals surface area contributed by atoms with Gasteiger partial charge in [-0.2, -0.15) is 0 Å². The number of aryl methyl sites for hydroxylation is 3. The molecule has 1 unspecified atom stereocenters. The largest absolute Gasteiger partial charge is 0.490 e. The van der Waals surface area contributed by atoms with Gasteiger partial charge in [0.1, 0.15) is 5.75 Å². The van der Waals surface area contributed by atoms with Crippen molar-refractivity contribution in [2.24, 2.45) is 0 Å². The van der Waals surface area contributed by atoms with E-state index >= 15 is 0 Å². The van der Waals surface area contributed by atoms with Crippen molar-refractivity contribution >= 4 is 11.6 Å². The summed E-state index contributed by atoms with van der Waals surface area (Å²) in [5, 5.41) is 3.19. The van der Waals surface area contributed by atoms with Crippen LogP contribution in [0.4, 0.5) is 5.69 Å². The highest BCUT2D eigenvalue weighted by Crippen LogP contribution is 2.37. The van der Waals surface area contributed by atoms with Crippen LogP contribution in [-0.2, 0) is 14.9 Å². The van der Waals surface area contributed by atoms with Crippen LogP contribution in [0.5, 0.6) is 5.75 Å². The van der Waals surface area contributed by atoms with E-state index in [1.165, 1.54) is 5.56 Å². The normalized spacial score (nSPS) is 16.9. The predicted molar refractivity (Wildman–Crippen MR) is 118 cm³/mol. The maximum Gasteiger partial charge on any atom is 0.235 e. The number of nitrogens with one attached hydrogen (secondary N) is 1. The lowest BCUT2D eigenvalue weighted by atomic mass is 9.73. The lowest BCUT2D eigenvalue weighted by Gasteiger charge is -2.36. The number of benzene rings is 2. The molecule has 4 heteroatoms. The quantitative estimate of drug-likeness (QED) is 0.705. The van der Waals surface area contributed by atoms with Crippen molar-refractivity contribution in [3.63, 3.8) is 0 Å². The van der Waals surface area contributed by atoms with Gasteiger partial charge in [-0.05, 0) is 75.8 Å². The molecule has 1 aliphatic rings. The van der Waals surface area contributed by atoms with Gasteiger partial charge in [0.15, 0.2) is 0 Å². The topological polar surface area (TPSA) is 47.6 Å². The first kappa shape index (κ1) is 21.4. The Bertz CT molecular complexity index is 828. The van der Waals surface area contributed by atoms with Crippen molar-refractivity contribution in [3.8, 4) is 5.75 Å². The molecule has 29 heavy (non-hydrogen) atoms. The van der Waals surface area contributed by atoms with E-state index < -0.39 is 5.41 Å². The lowest BCUT2D eigenvalue weighted by molar-refractivity contribution is -0.125. The zero-order valence-corrected chi connectivity index (χ0v) is 18.3. The molecular formula is C25H33NO3. The smallest absolute Gasteiger partial charge is 0.235 e. The molecule has 4 nitrogen and oxygen atoms in total. The second-order valence-corrected chi connectivity index (χ2v) is 8.29.